The van der Waals surface area contributed by atoms with E-state index in [0.29, 0.717) is 6.42 Å². The van der Waals surface area contributed by atoms with Gasteiger partial charge in [-0.3, -0.25) is 4.79 Å². The number of carbonyl (C=O) groups is 1. The van der Waals surface area contributed by atoms with Crippen LogP contribution in [-0.2, 0) is 14.3 Å². The minimum absolute atomic E-state index is 0.108. The molecular formula is C17H34NO4+. The summed E-state index contributed by atoms with van der Waals surface area (Å²) in [6, 6.07) is 0. The molecule has 0 spiro atoms. The van der Waals surface area contributed by atoms with Gasteiger partial charge in [0.1, 0.15) is 25.7 Å². The highest BCUT2D eigenvalue weighted by atomic mass is 16.5. The van der Waals surface area contributed by atoms with Gasteiger partial charge in [0, 0.05) is 6.42 Å². The summed E-state index contributed by atoms with van der Waals surface area (Å²) in [4.78, 5) is 11.0. The van der Waals surface area contributed by atoms with Crippen LogP contribution in [0.15, 0.2) is 0 Å². The molecule has 0 unspecified atom stereocenters. The van der Waals surface area contributed by atoms with Gasteiger partial charge in [0.25, 0.3) is 0 Å². The third kappa shape index (κ3) is 8.71. The predicted octanol–water partition coefficient (Wildman–Crippen LogP) is 2.12. The van der Waals surface area contributed by atoms with Crippen molar-refractivity contribution in [2.24, 2.45) is 0 Å². The maximum absolute atomic E-state index is 11.0. The first-order valence-electron chi connectivity index (χ1n) is 8.72. The average Bonchev–Trinajstić information content (AvgIpc) is 2.49. The Morgan fingerprint density at radius 1 is 1.14 bits per heavy atom. The molecule has 0 aromatic carbocycles. The van der Waals surface area contributed by atoms with Crippen molar-refractivity contribution in [1.29, 1.82) is 0 Å². The third-order valence-corrected chi connectivity index (χ3v) is 4.60. The fourth-order valence-corrected chi connectivity index (χ4v) is 3.02. The Labute approximate surface area is 135 Å². The van der Waals surface area contributed by atoms with E-state index < -0.39 is 0 Å². The fourth-order valence-electron chi connectivity index (χ4n) is 3.02. The highest BCUT2D eigenvalue weighted by Gasteiger charge is 2.27. The Balaban J connectivity index is 1.94. The van der Waals surface area contributed by atoms with E-state index in [4.69, 9.17) is 4.74 Å². The maximum Gasteiger partial charge on any atom is 0.305 e. The van der Waals surface area contributed by atoms with E-state index in [1.54, 1.807) is 0 Å². The lowest BCUT2D eigenvalue weighted by molar-refractivity contribution is -0.919. The zero-order valence-electron chi connectivity index (χ0n) is 14.4. The molecule has 5 nitrogen and oxygen atoms in total. The third-order valence-electron chi connectivity index (χ3n) is 4.60. The van der Waals surface area contributed by atoms with Crippen LogP contribution in [0.3, 0.4) is 0 Å². The number of quaternary nitrogens is 1. The Hall–Kier alpha value is -0.650. The van der Waals surface area contributed by atoms with Crippen molar-refractivity contribution in [2.45, 2.75) is 57.5 Å². The number of hydrogen-bond donors (Lipinski definition) is 1. The van der Waals surface area contributed by atoms with E-state index in [2.05, 4.69) is 11.8 Å². The van der Waals surface area contributed by atoms with E-state index in [0.717, 1.165) is 69.4 Å². The van der Waals surface area contributed by atoms with Gasteiger partial charge in [-0.2, -0.15) is 0 Å². The van der Waals surface area contributed by atoms with Crippen molar-refractivity contribution < 1.29 is 23.9 Å². The van der Waals surface area contributed by atoms with E-state index in [9.17, 15) is 9.90 Å². The summed E-state index contributed by atoms with van der Waals surface area (Å²) in [5, 5.41) is 10.2. The fraction of sp³-hybridized carbons (Fsp3) is 0.941. The topological polar surface area (TPSA) is 55.8 Å². The van der Waals surface area contributed by atoms with Crippen LogP contribution in [0.4, 0.5) is 0 Å². The summed E-state index contributed by atoms with van der Waals surface area (Å²) in [5.41, 5.74) is 0. The predicted molar refractivity (Wildman–Crippen MR) is 86.6 cm³/mol. The molecule has 1 aliphatic rings. The monoisotopic (exact) mass is 316 g/mol. The van der Waals surface area contributed by atoms with E-state index in [1.165, 1.54) is 20.0 Å². The Kier molecular flexibility index (Phi) is 9.68. The van der Waals surface area contributed by atoms with Crippen molar-refractivity contribution in [2.75, 3.05) is 47.0 Å². The van der Waals surface area contributed by atoms with Crippen molar-refractivity contribution in [3.63, 3.8) is 0 Å². The standard InChI is InChI=1S/C17H34NO4/c1-18(11-13-22-14-12-18)15-16(19)9-7-5-3-4-6-8-10-17(20)21-2/h16,19H,3-15H2,1-2H3/q+1/t16-/m1/s1. The molecule has 1 heterocycles. The number of carbonyl (C=O) groups excluding carboxylic acids is 1. The van der Waals surface area contributed by atoms with Crippen molar-refractivity contribution in [3.8, 4) is 0 Å². The molecule has 0 aromatic heterocycles. The second-order valence-electron chi connectivity index (χ2n) is 6.75. The van der Waals surface area contributed by atoms with Crippen LogP contribution in [0.2, 0.25) is 0 Å². The van der Waals surface area contributed by atoms with Crippen LogP contribution in [0.1, 0.15) is 51.4 Å². The minimum Gasteiger partial charge on any atom is -0.469 e. The van der Waals surface area contributed by atoms with Gasteiger partial charge in [0.2, 0.25) is 0 Å². The van der Waals surface area contributed by atoms with E-state index in [-0.39, 0.29) is 12.1 Å². The normalized spacial score (nSPS) is 18.9. The van der Waals surface area contributed by atoms with Gasteiger partial charge in [-0.1, -0.05) is 32.1 Å². The molecule has 0 radical (unpaired) electrons. The minimum atomic E-state index is -0.192. The van der Waals surface area contributed by atoms with Gasteiger partial charge in [0.05, 0.1) is 27.4 Å². The second kappa shape index (κ2) is 11.0. The summed E-state index contributed by atoms with van der Waals surface area (Å²) in [7, 11) is 3.65. The van der Waals surface area contributed by atoms with Crippen LogP contribution in [0, 0.1) is 0 Å². The zero-order chi connectivity index (χ0) is 16.3. The Bertz CT molecular complexity index is 303. The summed E-state index contributed by atoms with van der Waals surface area (Å²) in [5.74, 6) is -0.108. The number of methoxy groups -OCH3 is 1. The van der Waals surface area contributed by atoms with Gasteiger partial charge in [0.15, 0.2) is 0 Å². The largest absolute Gasteiger partial charge is 0.469 e. The zero-order valence-corrected chi connectivity index (χ0v) is 14.4. The van der Waals surface area contributed by atoms with Crippen molar-refractivity contribution >= 4 is 5.97 Å². The van der Waals surface area contributed by atoms with Gasteiger partial charge < -0.3 is 19.1 Å². The number of likely N-dealkylation sites (N-methyl/N-ethyl adjacent to an activating group) is 1. The molecule has 1 saturated heterocycles. The number of unbranched alkanes of at least 4 members (excludes halogenated alkanes) is 5. The number of nitrogens with zero attached hydrogens (tertiary/aromatic N) is 1. The molecule has 0 saturated carbocycles. The number of morpholine rings is 1. The number of aliphatic hydroxyl groups excluding tert-OH is 1. The molecule has 0 aliphatic carbocycles. The van der Waals surface area contributed by atoms with Crippen LogP contribution >= 0.6 is 0 Å². The highest BCUT2D eigenvalue weighted by Crippen LogP contribution is 2.14. The molecule has 0 bridgehead atoms. The molecular weight excluding hydrogens is 282 g/mol. The van der Waals surface area contributed by atoms with Gasteiger partial charge in [-0.05, 0) is 12.8 Å². The number of esters is 1. The molecule has 1 rings (SSSR count). The summed E-state index contributed by atoms with van der Waals surface area (Å²) < 4.78 is 10.9. The lowest BCUT2D eigenvalue weighted by atomic mass is 10.1. The summed E-state index contributed by atoms with van der Waals surface area (Å²) >= 11 is 0. The van der Waals surface area contributed by atoms with Crippen molar-refractivity contribution in [1.82, 2.24) is 0 Å². The number of rotatable bonds is 11. The summed E-state index contributed by atoms with van der Waals surface area (Å²) in [6.45, 7) is 4.50. The lowest BCUT2D eigenvalue weighted by Gasteiger charge is -2.38. The van der Waals surface area contributed by atoms with Crippen molar-refractivity contribution in [3.05, 3.63) is 0 Å². The quantitative estimate of drug-likeness (QED) is 0.360. The van der Waals surface area contributed by atoms with Crippen LogP contribution in [0.25, 0.3) is 0 Å². The highest BCUT2D eigenvalue weighted by molar-refractivity contribution is 5.68. The SMILES string of the molecule is COC(=O)CCCCCCCC[C@@H](O)C[N+]1(C)CCOCC1. The van der Waals surface area contributed by atoms with Gasteiger partial charge >= 0.3 is 5.97 Å². The first-order chi connectivity index (χ1) is 10.6. The van der Waals surface area contributed by atoms with Gasteiger partial charge in [-0.15, -0.1) is 0 Å². The first kappa shape index (κ1) is 19.4. The molecule has 130 valence electrons. The van der Waals surface area contributed by atoms with E-state index in [1.807, 2.05) is 0 Å². The second-order valence-corrected chi connectivity index (χ2v) is 6.75. The summed E-state index contributed by atoms with van der Waals surface area (Å²) in [6.07, 6.45) is 7.87. The number of aliphatic hydroxyl groups is 1. The van der Waals surface area contributed by atoms with Crippen LogP contribution in [0.5, 0.6) is 0 Å². The average molecular weight is 316 g/mol. The molecule has 1 fully saturated rings. The van der Waals surface area contributed by atoms with E-state index >= 15 is 0 Å². The van der Waals surface area contributed by atoms with Crippen LogP contribution < -0.4 is 0 Å². The first-order valence-corrected chi connectivity index (χ1v) is 8.72. The number of hydrogen-bond acceptors (Lipinski definition) is 4. The molecule has 5 heteroatoms. The maximum atomic E-state index is 11.0. The Morgan fingerprint density at radius 3 is 2.36 bits per heavy atom. The smallest absolute Gasteiger partial charge is 0.305 e. The lowest BCUT2D eigenvalue weighted by Crippen LogP contribution is -2.55. The molecule has 0 amide bonds. The molecule has 0 aromatic rings. The molecule has 1 N–H and O–H groups in total. The van der Waals surface area contributed by atoms with Gasteiger partial charge in [-0.25, -0.2) is 0 Å². The molecule has 1 atom stereocenters. The van der Waals surface area contributed by atoms with Crippen LogP contribution in [-0.4, -0.2) is 68.7 Å². The Morgan fingerprint density at radius 2 is 1.73 bits per heavy atom. The number of ether oxygens (including phenoxy) is 2. The molecule has 1 aliphatic heterocycles. The molecule has 22 heavy (non-hydrogen) atoms.